The number of hydrogen-bond acceptors (Lipinski definition) is 3. The number of rotatable bonds is 3. The number of nitrogens with one attached hydrogen (secondary N) is 3. The molecular formula is C23H24N4O. The van der Waals surface area contributed by atoms with Gasteiger partial charge in [-0.15, -0.1) is 0 Å². The number of aromatic nitrogens is 2. The van der Waals surface area contributed by atoms with E-state index in [-0.39, 0.29) is 5.56 Å². The maximum Gasteiger partial charge on any atom is 0.257 e. The highest BCUT2D eigenvalue weighted by molar-refractivity contribution is 5.89. The van der Waals surface area contributed by atoms with Gasteiger partial charge in [-0.05, 0) is 48.2 Å². The van der Waals surface area contributed by atoms with Crippen LogP contribution in [-0.2, 0) is 6.54 Å². The summed E-state index contributed by atoms with van der Waals surface area (Å²) in [5.41, 5.74) is 4.68. The van der Waals surface area contributed by atoms with Gasteiger partial charge >= 0.3 is 0 Å². The first-order valence-electron chi connectivity index (χ1n) is 9.85. The van der Waals surface area contributed by atoms with Crippen molar-refractivity contribution >= 4 is 21.8 Å². The number of pyridine rings is 1. The molecule has 0 radical (unpaired) electrons. The largest absolute Gasteiger partial charge is 0.354 e. The first-order chi connectivity index (χ1) is 13.7. The third-order valence-corrected chi connectivity index (χ3v) is 5.59. The van der Waals surface area contributed by atoms with E-state index in [4.69, 9.17) is 0 Å². The minimum atomic E-state index is -0.0692. The molecule has 2 aromatic carbocycles. The summed E-state index contributed by atoms with van der Waals surface area (Å²) in [7, 11) is 0. The summed E-state index contributed by atoms with van der Waals surface area (Å²) in [6.07, 6.45) is 0. The van der Waals surface area contributed by atoms with E-state index in [9.17, 15) is 4.79 Å². The van der Waals surface area contributed by atoms with Gasteiger partial charge in [-0.3, -0.25) is 9.69 Å². The number of fused-ring (bicyclic) bond motifs is 2. The van der Waals surface area contributed by atoms with Crippen LogP contribution in [0.4, 0.5) is 0 Å². The van der Waals surface area contributed by atoms with Gasteiger partial charge in [0.25, 0.3) is 5.56 Å². The third kappa shape index (κ3) is 3.23. The van der Waals surface area contributed by atoms with E-state index in [1.165, 1.54) is 5.56 Å². The minimum absolute atomic E-state index is 0.0692. The Bertz CT molecular complexity index is 1210. The molecule has 0 amide bonds. The van der Waals surface area contributed by atoms with Crippen molar-refractivity contribution in [3.63, 3.8) is 0 Å². The van der Waals surface area contributed by atoms with Crippen LogP contribution >= 0.6 is 0 Å². The maximum absolute atomic E-state index is 12.6. The van der Waals surface area contributed by atoms with Gasteiger partial charge < -0.3 is 15.3 Å². The average Bonchev–Trinajstić information content (AvgIpc) is 3.10. The molecule has 1 aliphatic heterocycles. The van der Waals surface area contributed by atoms with Crippen LogP contribution < -0.4 is 10.9 Å². The Hall–Kier alpha value is -2.89. The summed E-state index contributed by atoms with van der Waals surface area (Å²) in [6.45, 7) is 6.38. The number of para-hydroxylation sites is 1. The molecule has 28 heavy (non-hydrogen) atoms. The molecule has 5 rings (SSSR count). The fraction of sp³-hybridized carbons (Fsp3) is 0.261. The molecule has 0 saturated carbocycles. The van der Waals surface area contributed by atoms with Crippen LogP contribution in [0.25, 0.3) is 33.1 Å². The average molecular weight is 372 g/mol. The van der Waals surface area contributed by atoms with E-state index in [2.05, 4.69) is 51.4 Å². The van der Waals surface area contributed by atoms with Gasteiger partial charge in [-0.1, -0.05) is 24.3 Å². The van der Waals surface area contributed by atoms with Crippen LogP contribution in [0.15, 0.2) is 59.4 Å². The van der Waals surface area contributed by atoms with Gasteiger partial charge in [0.15, 0.2) is 0 Å². The van der Waals surface area contributed by atoms with Gasteiger partial charge in [-0.25, -0.2) is 0 Å². The number of hydrogen-bond donors (Lipinski definition) is 3. The van der Waals surface area contributed by atoms with Gasteiger partial charge in [0, 0.05) is 48.6 Å². The molecule has 0 bridgehead atoms. The van der Waals surface area contributed by atoms with Crippen LogP contribution in [0, 0.1) is 0 Å². The minimum Gasteiger partial charge on any atom is -0.354 e. The molecular weight excluding hydrogens is 348 g/mol. The fourth-order valence-corrected chi connectivity index (χ4v) is 4.19. The van der Waals surface area contributed by atoms with Crippen molar-refractivity contribution in [3.8, 4) is 11.3 Å². The van der Waals surface area contributed by atoms with Gasteiger partial charge in [0.2, 0.25) is 0 Å². The topological polar surface area (TPSA) is 63.9 Å². The second-order valence-corrected chi connectivity index (χ2v) is 7.79. The Morgan fingerprint density at radius 2 is 1.86 bits per heavy atom. The number of H-pyrrole nitrogens is 2. The molecule has 0 aliphatic carbocycles. The van der Waals surface area contributed by atoms with Gasteiger partial charge in [-0.2, -0.15) is 0 Å². The van der Waals surface area contributed by atoms with E-state index in [0.29, 0.717) is 11.6 Å². The molecule has 3 heterocycles. The molecule has 5 heteroatoms. The standard InChI is InChI=1S/C23H24N4O/c1-15-13-27(9-8-24-15)14-16-6-7-21-18(10-16)12-22(25-21)19-11-17-4-2-3-5-20(17)26-23(19)28/h2-7,10-12,15,24-25H,8-9,13-14H2,1H3,(H,26,28). The third-order valence-electron chi connectivity index (χ3n) is 5.59. The molecule has 1 fully saturated rings. The Balaban J connectivity index is 1.48. The van der Waals surface area contributed by atoms with Gasteiger partial charge in [0.05, 0.1) is 11.3 Å². The molecule has 1 aliphatic rings. The lowest BCUT2D eigenvalue weighted by atomic mass is 10.1. The zero-order chi connectivity index (χ0) is 19.1. The van der Waals surface area contributed by atoms with E-state index < -0.39 is 0 Å². The number of nitrogens with zero attached hydrogens (tertiary/aromatic N) is 1. The van der Waals surface area contributed by atoms with Crippen LogP contribution in [0.1, 0.15) is 12.5 Å². The van der Waals surface area contributed by atoms with Crippen LogP contribution in [0.5, 0.6) is 0 Å². The van der Waals surface area contributed by atoms with Crippen molar-refractivity contribution in [1.29, 1.82) is 0 Å². The van der Waals surface area contributed by atoms with Crippen molar-refractivity contribution in [1.82, 2.24) is 20.2 Å². The highest BCUT2D eigenvalue weighted by Crippen LogP contribution is 2.25. The molecule has 1 atom stereocenters. The van der Waals surface area contributed by atoms with Crippen molar-refractivity contribution in [2.45, 2.75) is 19.5 Å². The van der Waals surface area contributed by atoms with E-state index in [1.54, 1.807) is 0 Å². The second kappa shape index (κ2) is 6.93. The predicted octanol–water partition coefficient (Wildman–Crippen LogP) is 3.47. The normalized spacial score (nSPS) is 18.1. The summed E-state index contributed by atoms with van der Waals surface area (Å²) >= 11 is 0. The Kier molecular flexibility index (Phi) is 4.26. The lowest BCUT2D eigenvalue weighted by Crippen LogP contribution is -2.48. The Morgan fingerprint density at radius 3 is 2.75 bits per heavy atom. The summed E-state index contributed by atoms with van der Waals surface area (Å²) in [6, 6.07) is 19.0. The van der Waals surface area contributed by atoms with Crippen LogP contribution in [0.3, 0.4) is 0 Å². The maximum atomic E-state index is 12.6. The van der Waals surface area contributed by atoms with Crippen LogP contribution in [0.2, 0.25) is 0 Å². The molecule has 2 aromatic heterocycles. The monoisotopic (exact) mass is 372 g/mol. The molecule has 1 unspecified atom stereocenters. The summed E-state index contributed by atoms with van der Waals surface area (Å²) in [5.74, 6) is 0. The smallest absolute Gasteiger partial charge is 0.257 e. The zero-order valence-electron chi connectivity index (χ0n) is 16.0. The lowest BCUT2D eigenvalue weighted by Gasteiger charge is -2.31. The van der Waals surface area contributed by atoms with Crippen LogP contribution in [-0.4, -0.2) is 40.5 Å². The number of benzene rings is 2. The van der Waals surface area contributed by atoms with Crippen molar-refractivity contribution in [2.75, 3.05) is 19.6 Å². The first kappa shape index (κ1) is 17.2. The molecule has 0 spiro atoms. The highest BCUT2D eigenvalue weighted by atomic mass is 16.1. The van der Waals surface area contributed by atoms with E-state index >= 15 is 0 Å². The SMILES string of the molecule is CC1CN(Cc2ccc3[nH]c(-c4cc5ccccc5[nH]c4=O)cc3c2)CCN1. The van der Waals surface area contributed by atoms with Gasteiger partial charge in [0.1, 0.15) is 0 Å². The van der Waals surface area contributed by atoms with E-state index in [1.807, 2.05) is 30.3 Å². The first-order valence-corrected chi connectivity index (χ1v) is 9.85. The van der Waals surface area contributed by atoms with Crippen molar-refractivity contribution in [3.05, 3.63) is 70.5 Å². The summed E-state index contributed by atoms with van der Waals surface area (Å²) in [4.78, 5) is 21.5. The molecule has 1 saturated heterocycles. The molecule has 5 nitrogen and oxygen atoms in total. The molecule has 142 valence electrons. The second-order valence-electron chi connectivity index (χ2n) is 7.79. The number of aromatic amines is 2. The quantitative estimate of drug-likeness (QED) is 0.516. The fourth-order valence-electron chi connectivity index (χ4n) is 4.19. The summed E-state index contributed by atoms with van der Waals surface area (Å²) in [5, 5.41) is 5.66. The highest BCUT2D eigenvalue weighted by Gasteiger charge is 2.16. The predicted molar refractivity (Wildman–Crippen MR) is 115 cm³/mol. The van der Waals surface area contributed by atoms with E-state index in [0.717, 1.165) is 53.7 Å². The zero-order valence-corrected chi connectivity index (χ0v) is 16.0. The molecule has 3 N–H and O–H groups in total. The lowest BCUT2D eigenvalue weighted by molar-refractivity contribution is 0.200. The van der Waals surface area contributed by atoms with Crippen molar-refractivity contribution in [2.24, 2.45) is 0 Å². The number of piperazine rings is 1. The van der Waals surface area contributed by atoms with Crippen molar-refractivity contribution < 1.29 is 0 Å². The molecule has 4 aromatic rings. The summed E-state index contributed by atoms with van der Waals surface area (Å²) < 4.78 is 0. The Morgan fingerprint density at radius 1 is 1.00 bits per heavy atom. The Labute approximate surface area is 163 Å².